The third kappa shape index (κ3) is 2.61. The summed E-state index contributed by atoms with van der Waals surface area (Å²) < 4.78 is 2.94. The zero-order valence-corrected chi connectivity index (χ0v) is 13.5. The van der Waals surface area contributed by atoms with Crippen LogP contribution in [0.3, 0.4) is 0 Å². The van der Waals surface area contributed by atoms with Gasteiger partial charge in [-0.05, 0) is 31.4 Å². The summed E-state index contributed by atoms with van der Waals surface area (Å²) in [6, 6.07) is 9.98. The molecule has 0 aliphatic carbocycles. The number of aryl methyl sites for hydroxylation is 2. The Morgan fingerprint density at radius 3 is 2.86 bits per heavy atom. The van der Waals surface area contributed by atoms with Gasteiger partial charge in [0.25, 0.3) is 0 Å². The van der Waals surface area contributed by atoms with Gasteiger partial charge >= 0.3 is 0 Å². The second-order valence-corrected chi connectivity index (χ2v) is 6.37. The van der Waals surface area contributed by atoms with Crippen LogP contribution in [0.15, 0.2) is 30.3 Å². The number of Topliss-reactive ketones (excluding diaryl/α,β-unsaturated/α-hetero) is 1. The molecule has 0 aliphatic heterocycles. The van der Waals surface area contributed by atoms with Crippen LogP contribution >= 0.6 is 22.9 Å². The number of thiophene rings is 1. The zero-order chi connectivity index (χ0) is 15.0. The van der Waals surface area contributed by atoms with E-state index < -0.39 is 0 Å². The standard InChI is InChI=1S/C16H15ClN2OS/c1-3-19-12(16(17)10(2)18-19)9-13(20)15-8-11-6-4-5-7-14(11)21-15/h4-8H,3,9H2,1-2H3. The van der Waals surface area contributed by atoms with Crippen LogP contribution in [0.2, 0.25) is 5.02 Å². The largest absolute Gasteiger partial charge is 0.293 e. The number of nitrogens with zero attached hydrogens (tertiary/aromatic N) is 2. The van der Waals surface area contributed by atoms with Crippen molar-refractivity contribution in [1.29, 1.82) is 0 Å². The fourth-order valence-electron chi connectivity index (χ4n) is 2.40. The Bertz CT molecular complexity index is 786. The first-order valence-corrected chi connectivity index (χ1v) is 8.03. The first kappa shape index (κ1) is 14.3. The van der Waals surface area contributed by atoms with Crippen molar-refractivity contribution >= 4 is 38.8 Å². The van der Waals surface area contributed by atoms with Crippen molar-refractivity contribution in [2.24, 2.45) is 0 Å². The predicted molar refractivity (Wildman–Crippen MR) is 87.5 cm³/mol. The lowest BCUT2D eigenvalue weighted by Gasteiger charge is -2.03. The third-order valence-corrected chi connectivity index (χ3v) is 5.13. The number of ketones is 1. The number of carbonyl (C=O) groups is 1. The average Bonchev–Trinajstić information content (AvgIpc) is 3.03. The van der Waals surface area contributed by atoms with Gasteiger partial charge in [-0.15, -0.1) is 11.3 Å². The lowest BCUT2D eigenvalue weighted by atomic mass is 10.1. The second kappa shape index (κ2) is 5.62. The Balaban J connectivity index is 1.93. The van der Waals surface area contributed by atoms with E-state index >= 15 is 0 Å². The number of hydrogen-bond acceptors (Lipinski definition) is 3. The molecule has 0 aliphatic rings. The van der Waals surface area contributed by atoms with Crippen molar-refractivity contribution in [2.75, 3.05) is 0 Å². The smallest absolute Gasteiger partial charge is 0.178 e. The van der Waals surface area contributed by atoms with E-state index in [-0.39, 0.29) is 5.78 Å². The summed E-state index contributed by atoms with van der Waals surface area (Å²) in [5.74, 6) is 0.0905. The van der Waals surface area contributed by atoms with Gasteiger partial charge in [-0.3, -0.25) is 9.48 Å². The molecule has 0 spiro atoms. The Morgan fingerprint density at radius 1 is 1.38 bits per heavy atom. The Morgan fingerprint density at radius 2 is 2.14 bits per heavy atom. The minimum absolute atomic E-state index is 0.0905. The van der Waals surface area contributed by atoms with Crippen molar-refractivity contribution < 1.29 is 4.79 Å². The summed E-state index contributed by atoms with van der Waals surface area (Å²) in [6.07, 6.45) is 0.292. The average molecular weight is 319 g/mol. The first-order valence-electron chi connectivity index (χ1n) is 6.83. The number of carbonyl (C=O) groups excluding carboxylic acids is 1. The summed E-state index contributed by atoms with van der Waals surface area (Å²) in [5.41, 5.74) is 1.58. The Kier molecular flexibility index (Phi) is 3.83. The second-order valence-electron chi connectivity index (χ2n) is 4.91. The number of halogens is 1. The molecule has 5 heteroatoms. The van der Waals surface area contributed by atoms with Crippen LogP contribution in [0, 0.1) is 6.92 Å². The van der Waals surface area contributed by atoms with Crippen LogP contribution in [-0.4, -0.2) is 15.6 Å². The Labute approximate surface area is 132 Å². The highest BCUT2D eigenvalue weighted by Crippen LogP contribution is 2.28. The van der Waals surface area contributed by atoms with Gasteiger partial charge in [-0.25, -0.2) is 0 Å². The Hall–Kier alpha value is -1.65. The first-order chi connectivity index (χ1) is 10.1. The van der Waals surface area contributed by atoms with E-state index in [0.717, 1.165) is 26.4 Å². The number of rotatable bonds is 4. The molecule has 0 amide bonds. The zero-order valence-electron chi connectivity index (χ0n) is 11.9. The molecular weight excluding hydrogens is 304 g/mol. The van der Waals surface area contributed by atoms with E-state index in [4.69, 9.17) is 11.6 Å². The number of hydrogen-bond donors (Lipinski definition) is 0. The molecular formula is C16H15ClN2OS. The fraction of sp³-hybridized carbons (Fsp3) is 0.250. The maximum atomic E-state index is 12.5. The van der Waals surface area contributed by atoms with E-state index in [2.05, 4.69) is 5.10 Å². The normalized spacial score (nSPS) is 11.2. The lowest BCUT2D eigenvalue weighted by molar-refractivity contribution is 0.0994. The molecule has 2 heterocycles. The highest BCUT2D eigenvalue weighted by atomic mass is 35.5. The molecule has 21 heavy (non-hydrogen) atoms. The molecule has 3 aromatic rings. The summed E-state index contributed by atoms with van der Waals surface area (Å²) >= 11 is 7.80. The van der Waals surface area contributed by atoms with Gasteiger partial charge in [-0.1, -0.05) is 29.8 Å². The van der Waals surface area contributed by atoms with Crippen molar-refractivity contribution in [1.82, 2.24) is 9.78 Å². The van der Waals surface area contributed by atoms with Gasteiger partial charge in [0.15, 0.2) is 5.78 Å². The predicted octanol–water partition coefficient (Wildman–Crippen LogP) is 4.50. The van der Waals surface area contributed by atoms with Crippen LogP contribution < -0.4 is 0 Å². The molecule has 0 saturated heterocycles. The van der Waals surface area contributed by atoms with Gasteiger partial charge < -0.3 is 0 Å². The third-order valence-electron chi connectivity index (χ3n) is 3.48. The van der Waals surface area contributed by atoms with E-state index in [0.29, 0.717) is 18.0 Å². The lowest BCUT2D eigenvalue weighted by Crippen LogP contribution is -2.09. The van der Waals surface area contributed by atoms with E-state index in [1.807, 2.05) is 48.9 Å². The van der Waals surface area contributed by atoms with Gasteiger partial charge in [0.1, 0.15) is 0 Å². The molecule has 1 aromatic carbocycles. The van der Waals surface area contributed by atoms with Gasteiger partial charge in [0.05, 0.1) is 27.7 Å². The van der Waals surface area contributed by atoms with Crippen molar-refractivity contribution in [3.63, 3.8) is 0 Å². The number of fused-ring (bicyclic) bond motifs is 1. The minimum Gasteiger partial charge on any atom is -0.293 e. The molecule has 2 aromatic heterocycles. The van der Waals surface area contributed by atoms with Gasteiger partial charge in [-0.2, -0.15) is 5.10 Å². The SMILES string of the molecule is CCn1nc(C)c(Cl)c1CC(=O)c1cc2ccccc2s1. The van der Waals surface area contributed by atoms with Gasteiger partial charge in [0.2, 0.25) is 0 Å². The van der Waals surface area contributed by atoms with E-state index in [1.165, 1.54) is 11.3 Å². The highest BCUT2D eigenvalue weighted by Gasteiger charge is 2.18. The highest BCUT2D eigenvalue weighted by molar-refractivity contribution is 7.20. The fourth-order valence-corrected chi connectivity index (χ4v) is 3.60. The monoisotopic (exact) mass is 318 g/mol. The maximum absolute atomic E-state index is 12.5. The minimum atomic E-state index is 0.0905. The van der Waals surface area contributed by atoms with Crippen molar-refractivity contribution in [3.8, 4) is 0 Å². The number of aromatic nitrogens is 2. The van der Waals surface area contributed by atoms with Crippen molar-refractivity contribution in [3.05, 3.63) is 51.6 Å². The van der Waals surface area contributed by atoms with Crippen LogP contribution in [0.4, 0.5) is 0 Å². The van der Waals surface area contributed by atoms with E-state index in [9.17, 15) is 4.79 Å². The van der Waals surface area contributed by atoms with Crippen LogP contribution in [0.5, 0.6) is 0 Å². The molecule has 0 radical (unpaired) electrons. The molecule has 3 nitrogen and oxygen atoms in total. The summed E-state index contributed by atoms with van der Waals surface area (Å²) in [6.45, 7) is 4.57. The molecule has 0 fully saturated rings. The quantitative estimate of drug-likeness (QED) is 0.664. The maximum Gasteiger partial charge on any atom is 0.178 e. The van der Waals surface area contributed by atoms with E-state index in [1.54, 1.807) is 0 Å². The topological polar surface area (TPSA) is 34.9 Å². The number of benzene rings is 1. The summed E-state index contributed by atoms with van der Waals surface area (Å²) in [7, 11) is 0. The molecule has 0 N–H and O–H groups in total. The molecule has 0 bridgehead atoms. The van der Waals surface area contributed by atoms with Crippen molar-refractivity contribution in [2.45, 2.75) is 26.8 Å². The molecule has 0 unspecified atom stereocenters. The van der Waals surface area contributed by atoms with Crippen LogP contribution in [-0.2, 0) is 13.0 Å². The molecule has 108 valence electrons. The van der Waals surface area contributed by atoms with Gasteiger partial charge in [0, 0.05) is 11.2 Å². The molecule has 3 rings (SSSR count). The molecule has 0 saturated carbocycles. The van der Waals surface area contributed by atoms with Crippen LogP contribution in [0.1, 0.15) is 28.0 Å². The van der Waals surface area contributed by atoms with Crippen LogP contribution in [0.25, 0.3) is 10.1 Å². The molecule has 0 atom stereocenters. The summed E-state index contributed by atoms with van der Waals surface area (Å²) in [4.78, 5) is 13.3. The summed E-state index contributed by atoms with van der Waals surface area (Å²) in [5, 5.41) is 6.07.